The lowest BCUT2D eigenvalue weighted by molar-refractivity contribution is 0.0292. The Balaban J connectivity index is 3.98. The summed E-state index contributed by atoms with van der Waals surface area (Å²) in [5.41, 5.74) is -1.12. The van der Waals surface area contributed by atoms with E-state index in [1.54, 1.807) is 0 Å². The third-order valence-corrected chi connectivity index (χ3v) is 3.39. The second-order valence-electron chi connectivity index (χ2n) is 3.28. The van der Waals surface area contributed by atoms with Crippen molar-refractivity contribution in [2.24, 2.45) is 0 Å². The molecule has 0 amide bonds. The number of ether oxygens (including phenoxy) is 1. The topological polar surface area (TPSA) is 75.6 Å². The van der Waals surface area contributed by atoms with E-state index < -0.39 is 20.8 Å². The highest BCUT2D eigenvalue weighted by molar-refractivity contribution is 7.90. The molecule has 0 saturated carbocycles. The van der Waals surface area contributed by atoms with Crippen molar-refractivity contribution in [3.8, 4) is 0 Å². The molecular weight excluding hydrogens is 230 g/mol. The zero-order chi connectivity index (χ0) is 11.2. The zero-order valence-corrected chi connectivity index (χ0v) is 9.86. The Morgan fingerprint density at radius 3 is 2.57 bits per heavy atom. The van der Waals surface area contributed by atoms with Crippen LogP contribution in [0.3, 0.4) is 0 Å². The summed E-state index contributed by atoms with van der Waals surface area (Å²) >= 11 is 5.17. The molecule has 0 bridgehead atoms. The van der Waals surface area contributed by atoms with E-state index in [1.807, 2.05) is 0 Å². The van der Waals surface area contributed by atoms with Crippen LogP contribution in [-0.4, -0.2) is 44.6 Å². The molecule has 0 fully saturated rings. The maximum atomic E-state index is 10.9. The first-order valence-electron chi connectivity index (χ1n) is 4.07. The summed E-state index contributed by atoms with van der Waals surface area (Å²) in [7, 11) is -1.95. The number of alkyl halides is 1. The van der Waals surface area contributed by atoms with Crippen LogP contribution in [0.4, 0.5) is 0 Å². The number of sulfonamides is 1. The summed E-state index contributed by atoms with van der Waals surface area (Å²) in [6.45, 7) is 1.84. The molecule has 0 aromatic rings. The van der Waals surface area contributed by atoms with Gasteiger partial charge < -0.3 is 9.84 Å². The second kappa shape index (κ2) is 5.87. The number of hydrogen-bond donors (Lipinski definition) is 2. The summed E-state index contributed by atoms with van der Waals surface area (Å²) in [5, 5.41) is 9.15. The zero-order valence-electron chi connectivity index (χ0n) is 8.29. The van der Waals surface area contributed by atoms with Gasteiger partial charge in [0.05, 0.1) is 5.60 Å². The SMILES string of the molecule is COCCC(C)(O)CNS(=O)(=O)CCl. The lowest BCUT2D eigenvalue weighted by atomic mass is 10.0. The lowest BCUT2D eigenvalue weighted by Gasteiger charge is -2.22. The van der Waals surface area contributed by atoms with E-state index in [4.69, 9.17) is 16.3 Å². The summed E-state index contributed by atoms with van der Waals surface area (Å²) in [5.74, 6) is 0. The number of methoxy groups -OCH3 is 1. The fourth-order valence-electron chi connectivity index (χ4n) is 0.714. The molecule has 0 aromatic heterocycles. The summed E-state index contributed by atoms with van der Waals surface area (Å²) < 4.78 is 28.8. The molecule has 0 aliphatic heterocycles. The maximum absolute atomic E-state index is 10.9. The highest BCUT2D eigenvalue weighted by Gasteiger charge is 2.22. The summed E-state index contributed by atoms with van der Waals surface area (Å²) in [4.78, 5) is 0. The van der Waals surface area contributed by atoms with E-state index in [0.29, 0.717) is 13.0 Å². The Hall–Kier alpha value is 0.120. The van der Waals surface area contributed by atoms with Gasteiger partial charge >= 0.3 is 0 Å². The van der Waals surface area contributed by atoms with Gasteiger partial charge in [-0.25, -0.2) is 13.1 Å². The molecule has 0 spiro atoms. The van der Waals surface area contributed by atoms with Crippen LogP contribution < -0.4 is 4.72 Å². The molecule has 2 N–H and O–H groups in total. The van der Waals surface area contributed by atoms with Gasteiger partial charge in [-0.3, -0.25) is 0 Å². The molecule has 5 nitrogen and oxygen atoms in total. The number of halogens is 1. The minimum Gasteiger partial charge on any atom is -0.389 e. The van der Waals surface area contributed by atoms with Crippen molar-refractivity contribution in [2.45, 2.75) is 18.9 Å². The largest absolute Gasteiger partial charge is 0.389 e. The van der Waals surface area contributed by atoms with E-state index >= 15 is 0 Å². The normalized spacial score (nSPS) is 16.6. The van der Waals surface area contributed by atoms with Crippen molar-refractivity contribution in [3.63, 3.8) is 0 Å². The van der Waals surface area contributed by atoms with Crippen molar-refractivity contribution < 1.29 is 18.3 Å². The first kappa shape index (κ1) is 14.1. The highest BCUT2D eigenvalue weighted by atomic mass is 35.5. The van der Waals surface area contributed by atoms with Crippen LogP contribution in [0, 0.1) is 0 Å². The van der Waals surface area contributed by atoms with Gasteiger partial charge in [0.1, 0.15) is 5.21 Å². The predicted molar refractivity (Wildman–Crippen MR) is 54.8 cm³/mol. The molecule has 0 aromatic carbocycles. The van der Waals surface area contributed by atoms with E-state index in [1.165, 1.54) is 14.0 Å². The van der Waals surface area contributed by atoms with Crippen molar-refractivity contribution in [3.05, 3.63) is 0 Å². The number of hydrogen-bond acceptors (Lipinski definition) is 4. The second-order valence-corrected chi connectivity index (χ2v) is 5.68. The lowest BCUT2D eigenvalue weighted by Crippen LogP contribution is -2.41. The van der Waals surface area contributed by atoms with Gasteiger partial charge in [-0.15, -0.1) is 11.6 Å². The highest BCUT2D eigenvalue weighted by Crippen LogP contribution is 2.08. The fraction of sp³-hybridized carbons (Fsp3) is 1.00. The van der Waals surface area contributed by atoms with Crippen molar-refractivity contribution in [2.75, 3.05) is 25.5 Å². The molecule has 0 saturated heterocycles. The van der Waals surface area contributed by atoms with E-state index in [0.717, 1.165) is 0 Å². The Morgan fingerprint density at radius 1 is 1.57 bits per heavy atom. The maximum Gasteiger partial charge on any atom is 0.225 e. The van der Waals surface area contributed by atoms with Gasteiger partial charge in [0.25, 0.3) is 0 Å². The summed E-state index contributed by atoms with van der Waals surface area (Å²) in [6.07, 6.45) is 0.355. The van der Waals surface area contributed by atoms with Gasteiger partial charge in [-0.2, -0.15) is 0 Å². The molecule has 86 valence electrons. The average Bonchev–Trinajstić information content (AvgIpc) is 2.12. The molecule has 1 atom stereocenters. The first-order valence-corrected chi connectivity index (χ1v) is 6.26. The van der Waals surface area contributed by atoms with Crippen LogP contribution in [0.5, 0.6) is 0 Å². The van der Waals surface area contributed by atoms with Crippen molar-refractivity contribution in [1.29, 1.82) is 0 Å². The molecule has 14 heavy (non-hydrogen) atoms. The monoisotopic (exact) mass is 245 g/mol. The van der Waals surface area contributed by atoms with Gasteiger partial charge in [-0.1, -0.05) is 0 Å². The van der Waals surface area contributed by atoms with Crippen molar-refractivity contribution in [1.82, 2.24) is 4.72 Å². The molecule has 0 heterocycles. The molecule has 0 rings (SSSR count). The Kier molecular flexibility index (Phi) is 5.92. The molecule has 0 radical (unpaired) electrons. The van der Waals surface area contributed by atoms with E-state index in [-0.39, 0.29) is 6.54 Å². The number of aliphatic hydroxyl groups is 1. The number of rotatable bonds is 7. The van der Waals surface area contributed by atoms with Crippen LogP contribution in [-0.2, 0) is 14.8 Å². The molecule has 1 unspecified atom stereocenters. The Morgan fingerprint density at radius 2 is 2.14 bits per heavy atom. The van der Waals surface area contributed by atoms with Crippen molar-refractivity contribution >= 4 is 21.6 Å². The predicted octanol–water partition coefficient (Wildman–Crippen LogP) is -0.110. The van der Waals surface area contributed by atoms with Crippen LogP contribution in [0.1, 0.15) is 13.3 Å². The third-order valence-electron chi connectivity index (χ3n) is 1.66. The van der Waals surface area contributed by atoms with Gasteiger partial charge in [0.2, 0.25) is 10.0 Å². The summed E-state index contributed by atoms with van der Waals surface area (Å²) in [6, 6.07) is 0. The molecule has 0 aliphatic carbocycles. The van der Waals surface area contributed by atoms with Gasteiger partial charge in [-0.05, 0) is 6.92 Å². The van der Waals surface area contributed by atoms with Crippen LogP contribution in [0.15, 0.2) is 0 Å². The molecular formula is C7H16ClNO4S. The minimum atomic E-state index is -3.46. The molecule has 0 aliphatic rings. The van der Waals surface area contributed by atoms with Crippen LogP contribution in [0.2, 0.25) is 0 Å². The van der Waals surface area contributed by atoms with Crippen LogP contribution >= 0.6 is 11.6 Å². The van der Waals surface area contributed by atoms with E-state index in [9.17, 15) is 13.5 Å². The standard InChI is InChI=1S/C7H16ClNO4S/c1-7(10,3-4-13-2)5-9-14(11,12)6-8/h9-10H,3-6H2,1-2H3. The van der Waals surface area contributed by atoms with Gasteiger partial charge in [0, 0.05) is 26.7 Å². The van der Waals surface area contributed by atoms with Gasteiger partial charge in [0.15, 0.2) is 0 Å². The Bertz CT molecular complexity index is 252. The van der Waals surface area contributed by atoms with E-state index in [2.05, 4.69) is 4.72 Å². The Labute approximate surface area is 89.5 Å². The minimum absolute atomic E-state index is 0.0641. The van der Waals surface area contributed by atoms with Crippen LogP contribution in [0.25, 0.3) is 0 Å². The fourth-order valence-corrected chi connectivity index (χ4v) is 1.55. The average molecular weight is 246 g/mol. The third kappa shape index (κ3) is 6.56. The quantitative estimate of drug-likeness (QED) is 0.614. The smallest absolute Gasteiger partial charge is 0.225 e. The first-order chi connectivity index (χ1) is 6.33. The molecule has 7 heteroatoms. The number of nitrogens with one attached hydrogen (secondary N) is 1.